The first kappa shape index (κ1) is 27.3. The number of hydrogen-bond donors (Lipinski definition) is 2. The molecule has 0 aliphatic heterocycles. The summed E-state index contributed by atoms with van der Waals surface area (Å²) in [4.78, 5) is 20.6. The van der Waals surface area contributed by atoms with Crippen LogP contribution in [0.4, 0.5) is 0 Å². The molecule has 0 aromatic rings. The molecular weight excluding hydrogens is 339 g/mol. The van der Waals surface area contributed by atoms with E-state index < -0.39 is 11.9 Å². The average molecular weight is 375 g/mol. The first-order chi connectivity index (χ1) is 10.1. The SMILES string of the molecule is CC(C)(C)CCCCCC(=O)O.CCCCC(CC)C(=O)O.[Co]. The summed E-state index contributed by atoms with van der Waals surface area (Å²) in [6.45, 7) is 10.6. The van der Waals surface area contributed by atoms with Gasteiger partial charge in [-0.2, -0.15) is 0 Å². The van der Waals surface area contributed by atoms with Crippen LogP contribution in [0.3, 0.4) is 0 Å². The summed E-state index contributed by atoms with van der Waals surface area (Å²) in [7, 11) is 0. The third kappa shape index (κ3) is 23.8. The van der Waals surface area contributed by atoms with E-state index in [1.165, 1.54) is 6.42 Å². The minimum atomic E-state index is -0.675. The van der Waals surface area contributed by atoms with Crippen molar-refractivity contribution in [1.29, 1.82) is 0 Å². The van der Waals surface area contributed by atoms with Crippen molar-refractivity contribution in [3.8, 4) is 0 Å². The Balaban J connectivity index is -0.000000338. The van der Waals surface area contributed by atoms with Gasteiger partial charge in [0.15, 0.2) is 0 Å². The molecule has 0 saturated heterocycles. The predicted molar refractivity (Wildman–Crippen MR) is 91.1 cm³/mol. The van der Waals surface area contributed by atoms with Gasteiger partial charge in [0.1, 0.15) is 0 Å². The molecule has 0 aromatic heterocycles. The second-order valence-corrected chi connectivity index (χ2v) is 7.10. The minimum Gasteiger partial charge on any atom is -0.481 e. The van der Waals surface area contributed by atoms with Gasteiger partial charge in [-0.15, -0.1) is 0 Å². The quantitative estimate of drug-likeness (QED) is 0.505. The van der Waals surface area contributed by atoms with Gasteiger partial charge in [-0.1, -0.05) is 60.3 Å². The molecule has 0 saturated carbocycles. The van der Waals surface area contributed by atoms with Gasteiger partial charge < -0.3 is 10.2 Å². The molecule has 1 atom stereocenters. The van der Waals surface area contributed by atoms with E-state index in [0.29, 0.717) is 11.8 Å². The van der Waals surface area contributed by atoms with Crippen LogP contribution in [0.5, 0.6) is 0 Å². The number of carbonyl (C=O) groups is 2. The summed E-state index contributed by atoms with van der Waals surface area (Å²) in [5.41, 5.74) is 0.392. The van der Waals surface area contributed by atoms with Crippen molar-refractivity contribution in [3.63, 3.8) is 0 Å². The summed E-state index contributed by atoms with van der Waals surface area (Å²) in [6, 6.07) is 0. The fraction of sp³-hybridized carbons (Fsp3) is 0.889. The van der Waals surface area contributed by atoms with Crippen LogP contribution in [0, 0.1) is 11.3 Å². The van der Waals surface area contributed by atoms with Crippen molar-refractivity contribution in [2.75, 3.05) is 0 Å². The Kier molecular flexibility index (Phi) is 19.4. The second-order valence-electron chi connectivity index (χ2n) is 7.10. The molecule has 0 aromatic carbocycles. The Morgan fingerprint density at radius 2 is 1.52 bits per heavy atom. The topological polar surface area (TPSA) is 74.6 Å². The van der Waals surface area contributed by atoms with E-state index in [-0.39, 0.29) is 22.7 Å². The molecule has 23 heavy (non-hydrogen) atoms. The van der Waals surface area contributed by atoms with Crippen LogP contribution in [0.1, 0.15) is 92.4 Å². The van der Waals surface area contributed by atoms with Gasteiger partial charge in [-0.05, 0) is 31.1 Å². The summed E-state index contributed by atoms with van der Waals surface area (Å²) >= 11 is 0. The molecule has 5 heteroatoms. The summed E-state index contributed by atoms with van der Waals surface area (Å²) in [6.07, 6.45) is 8.24. The van der Waals surface area contributed by atoms with Crippen molar-refractivity contribution < 1.29 is 36.6 Å². The van der Waals surface area contributed by atoms with Crippen LogP contribution in [0.15, 0.2) is 0 Å². The van der Waals surface area contributed by atoms with Gasteiger partial charge in [0.2, 0.25) is 0 Å². The van der Waals surface area contributed by atoms with Crippen LogP contribution in [0.2, 0.25) is 0 Å². The van der Waals surface area contributed by atoms with Crippen LogP contribution >= 0.6 is 0 Å². The summed E-state index contributed by atoms with van der Waals surface area (Å²) in [5.74, 6) is -1.43. The molecule has 1 unspecified atom stereocenters. The zero-order valence-electron chi connectivity index (χ0n) is 15.5. The average Bonchev–Trinajstić information content (AvgIpc) is 2.38. The van der Waals surface area contributed by atoms with Gasteiger partial charge in [0, 0.05) is 23.2 Å². The molecule has 0 heterocycles. The Labute approximate surface area is 152 Å². The van der Waals surface area contributed by atoms with E-state index in [4.69, 9.17) is 10.2 Å². The zero-order valence-corrected chi connectivity index (χ0v) is 16.5. The standard InChI is InChI=1S/C10H20O2.C8H16O2.Co/c1-10(2,3)8-6-4-5-7-9(11)12;1-3-5-6-7(4-2)8(9)10;/h4-8H2,1-3H3,(H,11,12);7H,3-6H2,1-2H3,(H,9,10);. The number of carboxylic acid groups (broad SMARTS) is 2. The molecule has 0 spiro atoms. The maximum atomic E-state index is 10.4. The fourth-order valence-electron chi connectivity index (χ4n) is 2.06. The minimum absolute atomic E-state index is 0. The first-order valence-electron chi connectivity index (χ1n) is 8.58. The molecule has 0 aliphatic carbocycles. The predicted octanol–water partition coefficient (Wildman–Crippen LogP) is 5.35. The molecule has 0 bridgehead atoms. The zero-order chi connectivity index (χ0) is 17.6. The van der Waals surface area contributed by atoms with Crippen LogP contribution in [-0.2, 0) is 26.4 Å². The first-order valence-corrected chi connectivity index (χ1v) is 8.58. The third-order valence-corrected chi connectivity index (χ3v) is 3.57. The maximum Gasteiger partial charge on any atom is 0.306 e. The van der Waals surface area contributed by atoms with Gasteiger partial charge in [-0.25, -0.2) is 0 Å². The van der Waals surface area contributed by atoms with E-state index in [9.17, 15) is 9.59 Å². The van der Waals surface area contributed by atoms with Gasteiger partial charge in [0.05, 0.1) is 5.92 Å². The van der Waals surface area contributed by atoms with E-state index in [1.807, 2.05) is 6.92 Å². The van der Waals surface area contributed by atoms with Gasteiger partial charge >= 0.3 is 11.9 Å². The largest absolute Gasteiger partial charge is 0.481 e. The monoisotopic (exact) mass is 375 g/mol. The van der Waals surface area contributed by atoms with Crippen LogP contribution < -0.4 is 0 Å². The van der Waals surface area contributed by atoms with Crippen molar-refractivity contribution >= 4 is 11.9 Å². The number of aliphatic carboxylic acids is 2. The van der Waals surface area contributed by atoms with Crippen molar-refractivity contribution in [2.24, 2.45) is 11.3 Å². The molecular formula is C18H36CoO4. The summed E-state index contributed by atoms with van der Waals surface area (Å²) in [5, 5.41) is 17.0. The van der Waals surface area contributed by atoms with Crippen LogP contribution in [0.25, 0.3) is 0 Å². The fourth-order valence-corrected chi connectivity index (χ4v) is 2.06. The van der Waals surface area contributed by atoms with Gasteiger partial charge in [0.25, 0.3) is 0 Å². The molecule has 2 N–H and O–H groups in total. The number of carboxylic acids is 2. The molecule has 141 valence electrons. The van der Waals surface area contributed by atoms with Gasteiger partial charge in [-0.3, -0.25) is 9.59 Å². The Morgan fingerprint density at radius 1 is 0.957 bits per heavy atom. The molecule has 4 nitrogen and oxygen atoms in total. The van der Waals surface area contributed by atoms with Crippen molar-refractivity contribution in [1.82, 2.24) is 0 Å². The van der Waals surface area contributed by atoms with E-state index in [1.54, 1.807) is 0 Å². The molecule has 1 radical (unpaired) electrons. The van der Waals surface area contributed by atoms with Crippen molar-refractivity contribution in [2.45, 2.75) is 92.4 Å². The number of unbranched alkanes of at least 4 members (excludes halogenated alkanes) is 3. The Hall–Kier alpha value is -0.554. The third-order valence-electron chi connectivity index (χ3n) is 3.57. The molecule has 0 aliphatic rings. The van der Waals surface area contributed by atoms with Crippen molar-refractivity contribution in [3.05, 3.63) is 0 Å². The van der Waals surface area contributed by atoms with E-state index in [2.05, 4.69) is 27.7 Å². The maximum absolute atomic E-state index is 10.4. The number of rotatable bonds is 10. The normalized spacial score (nSPS) is 11.7. The molecule has 0 rings (SSSR count). The number of hydrogen-bond acceptors (Lipinski definition) is 2. The van der Waals surface area contributed by atoms with E-state index >= 15 is 0 Å². The van der Waals surface area contributed by atoms with E-state index in [0.717, 1.165) is 44.9 Å². The smallest absolute Gasteiger partial charge is 0.306 e. The Bertz CT molecular complexity index is 298. The molecule has 0 amide bonds. The Morgan fingerprint density at radius 3 is 1.87 bits per heavy atom. The summed E-state index contributed by atoms with van der Waals surface area (Å²) < 4.78 is 0. The van der Waals surface area contributed by atoms with Crippen LogP contribution in [-0.4, -0.2) is 22.2 Å². The molecule has 0 fully saturated rings. The second kappa shape index (κ2) is 16.3.